The van der Waals surface area contributed by atoms with Crippen LogP contribution in [0.5, 0.6) is 0 Å². The zero-order valence-corrected chi connectivity index (χ0v) is 14.8. The first-order valence-corrected chi connectivity index (χ1v) is 8.27. The Hall–Kier alpha value is -3.00. The molecule has 2 N–H and O–H groups in total. The van der Waals surface area contributed by atoms with E-state index in [0.29, 0.717) is 31.1 Å². The van der Waals surface area contributed by atoms with E-state index in [-0.39, 0.29) is 17.6 Å². The first kappa shape index (κ1) is 19.3. The smallest absolute Gasteiger partial charge is 0.338 e. The fourth-order valence-corrected chi connectivity index (χ4v) is 2.11. The average molecular weight is 358 g/mol. The van der Waals surface area contributed by atoms with Crippen molar-refractivity contribution in [1.82, 2.24) is 15.3 Å². The Morgan fingerprint density at radius 2 is 1.92 bits per heavy atom. The summed E-state index contributed by atoms with van der Waals surface area (Å²) in [5.74, 6) is -0.163. The highest BCUT2D eigenvalue weighted by molar-refractivity contribution is 5.93. The van der Waals surface area contributed by atoms with E-state index in [9.17, 15) is 9.59 Å². The second kappa shape index (κ2) is 10.1. The number of rotatable bonds is 9. The number of esters is 1. The second-order valence-corrected chi connectivity index (χ2v) is 5.31. The van der Waals surface area contributed by atoms with Gasteiger partial charge in [-0.1, -0.05) is 0 Å². The molecule has 8 heteroatoms. The molecule has 0 aliphatic heterocycles. The van der Waals surface area contributed by atoms with Crippen LogP contribution in [0.4, 0.5) is 11.5 Å². The van der Waals surface area contributed by atoms with Gasteiger partial charge in [-0.2, -0.15) is 0 Å². The number of carbonyl (C=O) groups is 2. The molecule has 0 atom stereocenters. The number of anilines is 2. The topological polar surface area (TPSA) is 102 Å². The fourth-order valence-electron chi connectivity index (χ4n) is 2.11. The Bertz CT molecular complexity index is 734. The van der Waals surface area contributed by atoms with Crippen LogP contribution in [0.3, 0.4) is 0 Å². The van der Waals surface area contributed by atoms with Gasteiger partial charge in [0.1, 0.15) is 17.8 Å². The van der Waals surface area contributed by atoms with E-state index in [4.69, 9.17) is 9.47 Å². The van der Waals surface area contributed by atoms with Crippen molar-refractivity contribution >= 4 is 23.4 Å². The fraction of sp³-hybridized carbons (Fsp3) is 0.333. The van der Waals surface area contributed by atoms with Crippen LogP contribution in [0.25, 0.3) is 0 Å². The van der Waals surface area contributed by atoms with E-state index in [2.05, 4.69) is 20.6 Å². The van der Waals surface area contributed by atoms with E-state index in [1.165, 1.54) is 6.33 Å². The van der Waals surface area contributed by atoms with Crippen molar-refractivity contribution < 1.29 is 19.1 Å². The minimum Gasteiger partial charge on any atom is -0.462 e. The summed E-state index contributed by atoms with van der Waals surface area (Å²) in [4.78, 5) is 31.8. The Balaban J connectivity index is 1.97. The lowest BCUT2D eigenvalue weighted by molar-refractivity contribution is 0.0526. The van der Waals surface area contributed by atoms with Crippen LogP contribution in [-0.2, 0) is 9.47 Å². The molecule has 1 aromatic carbocycles. The van der Waals surface area contributed by atoms with Gasteiger partial charge in [-0.05, 0) is 37.6 Å². The van der Waals surface area contributed by atoms with Crippen LogP contribution in [-0.4, -0.2) is 48.7 Å². The van der Waals surface area contributed by atoms with Crippen LogP contribution in [0, 0.1) is 0 Å². The number of ether oxygens (including phenoxy) is 2. The van der Waals surface area contributed by atoms with Crippen molar-refractivity contribution in [2.75, 3.05) is 32.2 Å². The van der Waals surface area contributed by atoms with Gasteiger partial charge in [0.15, 0.2) is 0 Å². The third kappa shape index (κ3) is 5.82. The maximum atomic E-state index is 12.1. The number of hydrogen-bond donors (Lipinski definition) is 2. The van der Waals surface area contributed by atoms with Crippen LogP contribution < -0.4 is 10.6 Å². The number of nitrogens with one attached hydrogen (secondary N) is 2. The summed E-state index contributed by atoms with van der Waals surface area (Å²) in [6, 6.07) is 8.35. The molecule has 2 rings (SSSR count). The molecule has 0 bridgehead atoms. The van der Waals surface area contributed by atoms with Crippen molar-refractivity contribution in [2.45, 2.75) is 13.3 Å². The number of benzene rings is 1. The third-order valence-electron chi connectivity index (χ3n) is 3.38. The minimum atomic E-state index is -0.367. The van der Waals surface area contributed by atoms with E-state index < -0.39 is 0 Å². The van der Waals surface area contributed by atoms with Gasteiger partial charge < -0.3 is 20.1 Å². The van der Waals surface area contributed by atoms with E-state index >= 15 is 0 Å². The molecule has 0 radical (unpaired) electrons. The SMILES string of the molecule is CCOC(=O)c1ccc(Nc2cc(C(=O)NCCCOC)ncn2)cc1. The van der Waals surface area contributed by atoms with Gasteiger partial charge in [0.25, 0.3) is 5.91 Å². The molecule has 0 spiro atoms. The monoisotopic (exact) mass is 358 g/mol. The number of methoxy groups -OCH3 is 1. The predicted molar refractivity (Wildman–Crippen MR) is 96.5 cm³/mol. The molecule has 0 aliphatic rings. The predicted octanol–water partition coefficient (Wildman–Crippen LogP) is 2.16. The van der Waals surface area contributed by atoms with Gasteiger partial charge in [0, 0.05) is 32.0 Å². The molecular formula is C18H22N4O4. The number of nitrogens with zero attached hydrogens (tertiary/aromatic N) is 2. The molecule has 138 valence electrons. The van der Waals surface area contributed by atoms with E-state index in [1.807, 2.05) is 0 Å². The Morgan fingerprint density at radius 3 is 2.62 bits per heavy atom. The molecule has 0 saturated carbocycles. The number of hydrogen-bond acceptors (Lipinski definition) is 7. The maximum absolute atomic E-state index is 12.1. The summed E-state index contributed by atoms with van der Waals surface area (Å²) < 4.78 is 9.88. The highest BCUT2D eigenvalue weighted by Gasteiger charge is 2.09. The molecule has 1 amide bonds. The van der Waals surface area contributed by atoms with Crippen LogP contribution in [0.15, 0.2) is 36.7 Å². The molecule has 8 nitrogen and oxygen atoms in total. The third-order valence-corrected chi connectivity index (χ3v) is 3.38. The summed E-state index contributed by atoms with van der Waals surface area (Å²) >= 11 is 0. The number of aromatic nitrogens is 2. The number of amides is 1. The van der Waals surface area contributed by atoms with Gasteiger partial charge in [0.05, 0.1) is 12.2 Å². The molecule has 0 saturated heterocycles. The Labute approximate surface area is 151 Å². The average Bonchev–Trinajstić information content (AvgIpc) is 2.66. The molecule has 1 heterocycles. The lowest BCUT2D eigenvalue weighted by Gasteiger charge is -2.08. The second-order valence-electron chi connectivity index (χ2n) is 5.31. The van der Waals surface area contributed by atoms with Gasteiger partial charge in [-0.3, -0.25) is 4.79 Å². The normalized spacial score (nSPS) is 10.2. The molecule has 0 fully saturated rings. The number of carbonyl (C=O) groups excluding carboxylic acids is 2. The largest absolute Gasteiger partial charge is 0.462 e. The summed E-state index contributed by atoms with van der Waals surface area (Å²) in [6.07, 6.45) is 2.05. The van der Waals surface area contributed by atoms with E-state index in [1.54, 1.807) is 44.4 Å². The molecule has 0 aliphatic carbocycles. The molecular weight excluding hydrogens is 336 g/mol. The summed E-state index contributed by atoms with van der Waals surface area (Å²) in [6.45, 7) is 3.18. The molecule has 26 heavy (non-hydrogen) atoms. The quantitative estimate of drug-likeness (QED) is 0.523. The summed E-state index contributed by atoms with van der Waals surface area (Å²) in [7, 11) is 1.61. The van der Waals surface area contributed by atoms with Crippen molar-refractivity contribution in [3.63, 3.8) is 0 Å². The van der Waals surface area contributed by atoms with Crippen molar-refractivity contribution in [3.05, 3.63) is 47.9 Å². The van der Waals surface area contributed by atoms with Crippen LogP contribution in [0.1, 0.15) is 34.2 Å². The van der Waals surface area contributed by atoms with Gasteiger partial charge in [0.2, 0.25) is 0 Å². The van der Waals surface area contributed by atoms with Crippen molar-refractivity contribution in [2.24, 2.45) is 0 Å². The van der Waals surface area contributed by atoms with Crippen molar-refractivity contribution in [1.29, 1.82) is 0 Å². The summed E-state index contributed by atoms with van der Waals surface area (Å²) in [5.41, 5.74) is 1.46. The lowest BCUT2D eigenvalue weighted by Crippen LogP contribution is -2.26. The highest BCUT2D eigenvalue weighted by atomic mass is 16.5. The van der Waals surface area contributed by atoms with Gasteiger partial charge in [-0.15, -0.1) is 0 Å². The zero-order valence-electron chi connectivity index (χ0n) is 14.8. The summed E-state index contributed by atoms with van der Waals surface area (Å²) in [5, 5.41) is 5.84. The molecule has 2 aromatic rings. The molecule has 0 unspecified atom stereocenters. The standard InChI is InChI=1S/C18H22N4O4/c1-3-26-18(24)13-5-7-14(8-6-13)22-16-11-15(20-12-21-16)17(23)19-9-4-10-25-2/h5-8,11-12H,3-4,9-10H2,1-2H3,(H,19,23)(H,20,21,22). The zero-order chi connectivity index (χ0) is 18.8. The van der Waals surface area contributed by atoms with Crippen molar-refractivity contribution in [3.8, 4) is 0 Å². The van der Waals surface area contributed by atoms with Crippen LogP contribution >= 0.6 is 0 Å². The van der Waals surface area contributed by atoms with E-state index in [0.717, 1.165) is 12.1 Å². The first-order valence-electron chi connectivity index (χ1n) is 8.27. The van der Waals surface area contributed by atoms with Crippen LogP contribution in [0.2, 0.25) is 0 Å². The molecule has 1 aromatic heterocycles. The highest BCUT2D eigenvalue weighted by Crippen LogP contribution is 2.16. The van der Waals surface area contributed by atoms with Gasteiger partial charge >= 0.3 is 5.97 Å². The Morgan fingerprint density at radius 1 is 1.15 bits per heavy atom. The maximum Gasteiger partial charge on any atom is 0.338 e. The minimum absolute atomic E-state index is 0.267. The lowest BCUT2D eigenvalue weighted by atomic mass is 10.2. The first-order chi connectivity index (χ1) is 12.6. The Kier molecular flexibility index (Phi) is 7.50. The van der Waals surface area contributed by atoms with Gasteiger partial charge in [-0.25, -0.2) is 14.8 Å².